The van der Waals surface area contributed by atoms with Gasteiger partial charge in [-0.25, -0.2) is 4.99 Å². The van der Waals surface area contributed by atoms with Crippen molar-refractivity contribution >= 4 is 36.8 Å². The van der Waals surface area contributed by atoms with E-state index in [9.17, 15) is 0 Å². The van der Waals surface area contributed by atoms with Gasteiger partial charge in [-0.15, -0.1) is 24.8 Å². The van der Waals surface area contributed by atoms with Gasteiger partial charge in [0.25, 0.3) is 0 Å². The van der Waals surface area contributed by atoms with E-state index in [0.29, 0.717) is 6.54 Å². The van der Waals surface area contributed by atoms with E-state index >= 15 is 0 Å². The predicted molar refractivity (Wildman–Crippen MR) is 79.9 cm³/mol. The van der Waals surface area contributed by atoms with Crippen LogP contribution in [0.1, 0.15) is 19.4 Å². The standard InChI is InChI=1S/C12H19N3.2ClH/c1-3-15(4-2)10-14-12-7-5-11(9-13)6-8-12;;/h5-8,10H,3-4,9,13H2,1-2H3;2*1H. The third-order valence-electron chi connectivity index (χ3n) is 2.35. The molecule has 2 N–H and O–H groups in total. The maximum atomic E-state index is 5.52. The first-order chi connectivity index (χ1) is 7.30. The van der Waals surface area contributed by atoms with Crippen molar-refractivity contribution in [3.63, 3.8) is 0 Å². The summed E-state index contributed by atoms with van der Waals surface area (Å²) in [6.07, 6.45) is 1.89. The molecular weight excluding hydrogens is 257 g/mol. The maximum absolute atomic E-state index is 5.52. The average Bonchev–Trinajstić information content (AvgIpc) is 2.31. The lowest BCUT2D eigenvalue weighted by atomic mass is 10.2. The van der Waals surface area contributed by atoms with E-state index in [1.54, 1.807) is 0 Å². The first kappa shape index (κ1) is 18.6. The van der Waals surface area contributed by atoms with Crippen LogP contribution in [0.5, 0.6) is 0 Å². The number of nitrogens with two attached hydrogens (primary N) is 1. The minimum absolute atomic E-state index is 0. The van der Waals surface area contributed by atoms with Crippen molar-refractivity contribution < 1.29 is 0 Å². The molecular formula is C12H21Cl2N3. The van der Waals surface area contributed by atoms with Gasteiger partial charge >= 0.3 is 0 Å². The van der Waals surface area contributed by atoms with E-state index in [0.717, 1.165) is 24.3 Å². The molecule has 0 aliphatic carbocycles. The zero-order valence-electron chi connectivity index (χ0n) is 10.3. The molecule has 3 nitrogen and oxygen atoms in total. The predicted octanol–water partition coefficient (Wildman–Crippen LogP) is 2.99. The Morgan fingerprint density at radius 2 is 1.65 bits per heavy atom. The molecule has 0 bridgehead atoms. The number of halogens is 2. The minimum Gasteiger partial charge on any atom is -0.363 e. The highest BCUT2D eigenvalue weighted by Gasteiger charge is 1.92. The fourth-order valence-corrected chi connectivity index (χ4v) is 1.25. The molecule has 0 heterocycles. The number of benzene rings is 1. The van der Waals surface area contributed by atoms with E-state index < -0.39 is 0 Å². The molecule has 1 aromatic rings. The first-order valence-electron chi connectivity index (χ1n) is 5.37. The van der Waals surface area contributed by atoms with E-state index in [1.165, 1.54) is 0 Å². The van der Waals surface area contributed by atoms with Crippen molar-refractivity contribution in [2.45, 2.75) is 20.4 Å². The van der Waals surface area contributed by atoms with Crippen LogP contribution in [-0.4, -0.2) is 24.3 Å². The summed E-state index contributed by atoms with van der Waals surface area (Å²) >= 11 is 0. The fourth-order valence-electron chi connectivity index (χ4n) is 1.25. The van der Waals surface area contributed by atoms with Crippen LogP contribution >= 0.6 is 24.8 Å². The highest BCUT2D eigenvalue weighted by Crippen LogP contribution is 2.12. The zero-order valence-corrected chi connectivity index (χ0v) is 11.9. The van der Waals surface area contributed by atoms with Crippen LogP contribution in [-0.2, 0) is 6.54 Å². The van der Waals surface area contributed by atoms with Crippen molar-refractivity contribution in [1.29, 1.82) is 0 Å². The van der Waals surface area contributed by atoms with Crippen LogP contribution in [0.3, 0.4) is 0 Å². The molecule has 0 aliphatic heterocycles. The summed E-state index contributed by atoms with van der Waals surface area (Å²) < 4.78 is 0. The monoisotopic (exact) mass is 277 g/mol. The van der Waals surface area contributed by atoms with Crippen molar-refractivity contribution in [2.24, 2.45) is 10.7 Å². The SMILES string of the molecule is CCN(C=Nc1ccc(CN)cc1)CC.Cl.Cl. The molecule has 0 radical (unpaired) electrons. The molecule has 98 valence electrons. The first-order valence-corrected chi connectivity index (χ1v) is 5.37. The fraction of sp³-hybridized carbons (Fsp3) is 0.417. The number of nitrogens with zero attached hydrogens (tertiary/aromatic N) is 2. The minimum atomic E-state index is 0. The Balaban J connectivity index is 0. The molecule has 1 rings (SSSR count). The lowest BCUT2D eigenvalue weighted by molar-refractivity contribution is 0.480. The Morgan fingerprint density at radius 1 is 1.12 bits per heavy atom. The van der Waals surface area contributed by atoms with Gasteiger partial charge in [0.2, 0.25) is 0 Å². The third-order valence-corrected chi connectivity index (χ3v) is 2.35. The number of aliphatic imine (C=N–C) groups is 1. The zero-order chi connectivity index (χ0) is 11.1. The van der Waals surface area contributed by atoms with Gasteiger partial charge in [0.15, 0.2) is 0 Å². The van der Waals surface area contributed by atoms with Crippen LogP contribution in [0.25, 0.3) is 0 Å². The Hall–Kier alpha value is -0.770. The van der Waals surface area contributed by atoms with Gasteiger partial charge in [-0.05, 0) is 31.5 Å². The lowest BCUT2D eigenvalue weighted by Gasteiger charge is -2.13. The van der Waals surface area contributed by atoms with Gasteiger partial charge in [-0.2, -0.15) is 0 Å². The topological polar surface area (TPSA) is 41.6 Å². The molecule has 0 aliphatic rings. The Kier molecular flexibility index (Phi) is 11.4. The maximum Gasteiger partial charge on any atom is 0.0912 e. The van der Waals surface area contributed by atoms with Crippen LogP contribution < -0.4 is 5.73 Å². The lowest BCUT2D eigenvalue weighted by Crippen LogP contribution is -2.20. The Morgan fingerprint density at radius 3 is 2.06 bits per heavy atom. The van der Waals surface area contributed by atoms with Crippen molar-refractivity contribution in [1.82, 2.24) is 4.90 Å². The quantitative estimate of drug-likeness (QED) is 0.664. The van der Waals surface area contributed by atoms with E-state index in [2.05, 4.69) is 23.7 Å². The summed E-state index contributed by atoms with van der Waals surface area (Å²) in [6.45, 7) is 6.79. The second-order valence-electron chi connectivity index (χ2n) is 3.34. The molecule has 0 atom stereocenters. The third kappa shape index (κ3) is 6.51. The van der Waals surface area contributed by atoms with Crippen LogP contribution in [0.4, 0.5) is 5.69 Å². The molecule has 0 aromatic heterocycles. The molecule has 0 saturated carbocycles. The summed E-state index contributed by atoms with van der Waals surface area (Å²) in [5.74, 6) is 0. The van der Waals surface area contributed by atoms with Gasteiger partial charge in [-0.3, -0.25) is 0 Å². The number of hydrogen-bond acceptors (Lipinski definition) is 2. The Labute approximate surface area is 116 Å². The van der Waals surface area contributed by atoms with Gasteiger partial charge < -0.3 is 10.6 Å². The summed E-state index contributed by atoms with van der Waals surface area (Å²) in [6, 6.07) is 7.99. The van der Waals surface area contributed by atoms with E-state index in [1.807, 2.05) is 30.6 Å². The highest BCUT2D eigenvalue weighted by molar-refractivity contribution is 5.85. The molecule has 0 spiro atoms. The summed E-state index contributed by atoms with van der Waals surface area (Å²) in [7, 11) is 0. The molecule has 0 saturated heterocycles. The highest BCUT2D eigenvalue weighted by atomic mass is 35.5. The van der Waals surface area contributed by atoms with Crippen LogP contribution in [0.2, 0.25) is 0 Å². The summed E-state index contributed by atoms with van der Waals surface area (Å²) in [5.41, 5.74) is 7.63. The van der Waals surface area contributed by atoms with Gasteiger partial charge in [-0.1, -0.05) is 12.1 Å². The number of hydrogen-bond donors (Lipinski definition) is 1. The van der Waals surface area contributed by atoms with Crippen molar-refractivity contribution in [3.8, 4) is 0 Å². The van der Waals surface area contributed by atoms with Crippen molar-refractivity contribution in [2.75, 3.05) is 13.1 Å². The van der Waals surface area contributed by atoms with Gasteiger partial charge in [0.05, 0.1) is 12.0 Å². The van der Waals surface area contributed by atoms with E-state index in [-0.39, 0.29) is 24.8 Å². The Bertz CT molecular complexity index is 308. The van der Waals surface area contributed by atoms with Crippen LogP contribution in [0.15, 0.2) is 29.3 Å². The number of rotatable bonds is 5. The van der Waals surface area contributed by atoms with Gasteiger partial charge in [0.1, 0.15) is 0 Å². The average molecular weight is 278 g/mol. The molecule has 0 amide bonds. The smallest absolute Gasteiger partial charge is 0.0912 e. The largest absolute Gasteiger partial charge is 0.363 e. The second kappa shape index (κ2) is 10.4. The second-order valence-corrected chi connectivity index (χ2v) is 3.34. The molecule has 17 heavy (non-hydrogen) atoms. The summed E-state index contributed by atoms with van der Waals surface area (Å²) in [4.78, 5) is 6.53. The van der Waals surface area contributed by atoms with Gasteiger partial charge in [0, 0.05) is 19.6 Å². The molecule has 0 fully saturated rings. The molecule has 0 unspecified atom stereocenters. The normalized spacial score (nSPS) is 9.59. The van der Waals surface area contributed by atoms with Crippen molar-refractivity contribution in [3.05, 3.63) is 29.8 Å². The van der Waals surface area contributed by atoms with Crippen LogP contribution in [0, 0.1) is 0 Å². The molecule has 5 heteroatoms. The summed E-state index contributed by atoms with van der Waals surface area (Å²) in [5, 5.41) is 0. The molecule has 1 aromatic carbocycles. The van der Waals surface area contributed by atoms with E-state index in [4.69, 9.17) is 5.73 Å².